The molecule has 0 radical (unpaired) electrons. The Morgan fingerprint density at radius 1 is 0.526 bits per heavy atom. The number of rotatable bonds is 24. The van der Waals surface area contributed by atoms with Crippen LogP contribution in [-0.4, -0.2) is 74.2 Å². The fourth-order valence-corrected chi connectivity index (χ4v) is 4.49. The number of hydrogen-bond acceptors (Lipinski definition) is 6. The second-order valence-corrected chi connectivity index (χ2v) is 10.3. The van der Waals surface area contributed by atoms with Crippen LogP contribution in [0.1, 0.15) is 125 Å². The van der Waals surface area contributed by atoms with Gasteiger partial charge in [-0.1, -0.05) is 66.2 Å². The van der Waals surface area contributed by atoms with Crippen molar-refractivity contribution in [2.24, 2.45) is 0 Å². The molecule has 0 saturated heterocycles. The third-order valence-electron chi connectivity index (χ3n) is 7.11. The molecule has 218 valence electrons. The van der Waals surface area contributed by atoms with Gasteiger partial charge in [-0.05, 0) is 102 Å². The van der Waals surface area contributed by atoms with Crippen molar-refractivity contribution in [3.63, 3.8) is 0 Å². The van der Waals surface area contributed by atoms with Crippen LogP contribution < -0.4 is 0 Å². The highest BCUT2D eigenvalue weighted by Gasteiger charge is 2.11. The Labute approximate surface area is 233 Å². The average Bonchev–Trinajstić information content (AvgIpc) is 2.94. The molecule has 6 heteroatoms. The van der Waals surface area contributed by atoms with E-state index in [0.717, 1.165) is 65.0 Å². The van der Waals surface area contributed by atoms with Gasteiger partial charge in [0, 0.05) is 0 Å². The van der Waals surface area contributed by atoms with Crippen LogP contribution in [0.5, 0.6) is 0 Å². The quantitative estimate of drug-likeness (QED) is 0.102. The van der Waals surface area contributed by atoms with Crippen LogP contribution in [0.2, 0.25) is 0 Å². The second kappa shape index (κ2) is 23.0. The zero-order valence-electron chi connectivity index (χ0n) is 25.0. The molecule has 0 N–H and O–H groups in total. The summed E-state index contributed by atoms with van der Waals surface area (Å²) in [5.74, 6) is -0.681. The topological polar surface area (TPSA) is 59.1 Å². The molecule has 0 saturated carbocycles. The zero-order valence-corrected chi connectivity index (χ0v) is 25.0. The molecule has 6 nitrogen and oxygen atoms in total. The summed E-state index contributed by atoms with van der Waals surface area (Å²) in [4.78, 5) is 29.7. The van der Waals surface area contributed by atoms with E-state index < -0.39 is 0 Å². The normalized spacial score (nSPS) is 11.3. The van der Waals surface area contributed by atoms with Gasteiger partial charge in [-0.2, -0.15) is 0 Å². The number of carbonyl (C=O) groups excluding carboxylic acids is 2. The molecule has 0 unspecified atom stereocenters. The van der Waals surface area contributed by atoms with E-state index in [0.29, 0.717) is 24.3 Å². The number of nitrogens with zero attached hydrogens (tertiary/aromatic N) is 2. The minimum Gasteiger partial charge on any atom is -0.462 e. The van der Waals surface area contributed by atoms with Crippen LogP contribution in [0, 0.1) is 0 Å². The van der Waals surface area contributed by atoms with Crippen LogP contribution in [0.4, 0.5) is 0 Å². The predicted octanol–water partition coefficient (Wildman–Crippen LogP) is 7.37. The van der Waals surface area contributed by atoms with E-state index in [1.807, 2.05) is 0 Å². The molecule has 0 atom stereocenters. The Bertz CT molecular complexity index is 662. The Kier molecular flexibility index (Phi) is 20.7. The number of esters is 2. The van der Waals surface area contributed by atoms with Crippen LogP contribution in [-0.2, 0) is 9.47 Å². The largest absolute Gasteiger partial charge is 0.462 e. The van der Waals surface area contributed by atoms with E-state index in [1.54, 1.807) is 24.3 Å². The third-order valence-corrected chi connectivity index (χ3v) is 7.11. The maximum atomic E-state index is 12.4. The van der Waals surface area contributed by atoms with Crippen LogP contribution in [0.25, 0.3) is 0 Å². The lowest BCUT2D eigenvalue weighted by molar-refractivity contribution is 0.0480. The summed E-state index contributed by atoms with van der Waals surface area (Å²) in [7, 11) is 0. The highest BCUT2D eigenvalue weighted by molar-refractivity contribution is 5.93. The maximum absolute atomic E-state index is 12.4. The summed E-state index contributed by atoms with van der Waals surface area (Å²) in [6, 6.07) is 6.58. The van der Waals surface area contributed by atoms with E-state index in [9.17, 15) is 9.59 Å². The van der Waals surface area contributed by atoms with E-state index in [1.165, 1.54) is 51.4 Å². The van der Waals surface area contributed by atoms with Gasteiger partial charge in [0.1, 0.15) is 0 Å². The molecule has 0 bridgehead atoms. The highest BCUT2D eigenvalue weighted by Crippen LogP contribution is 2.10. The smallest absolute Gasteiger partial charge is 0.338 e. The summed E-state index contributed by atoms with van der Waals surface area (Å²) in [6.07, 6.45) is 14.0. The standard InChI is InChI=1S/C32H56N2O4/c1-5-9-11-13-23-33(7-3)25-15-17-27-37-31(35)29-19-21-30(22-20-29)32(36)38-28-18-16-26-34(8-4)24-14-12-10-6-2/h19-22H,5-18,23-28H2,1-4H3. The SMILES string of the molecule is CCCCCCN(CC)CCCCOC(=O)c1ccc(C(=O)OCCCCN(CC)CCCCCC)cc1. The molecular weight excluding hydrogens is 476 g/mol. The molecule has 0 aliphatic carbocycles. The van der Waals surface area contributed by atoms with Gasteiger partial charge in [0.15, 0.2) is 0 Å². The number of benzene rings is 1. The summed E-state index contributed by atoms with van der Waals surface area (Å²) in [5.41, 5.74) is 0.928. The van der Waals surface area contributed by atoms with Gasteiger partial charge in [0.25, 0.3) is 0 Å². The Morgan fingerprint density at radius 2 is 0.868 bits per heavy atom. The fourth-order valence-electron chi connectivity index (χ4n) is 4.49. The predicted molar refractivity (Wildman–Crippen MR) is 158 cm³/mol. The van der Waals surface area contributed by atoms with Crippen molar-refractivity contribution in [3.8, 4) is 0 Å². The van der Waals surface area contributed by atoms with Gasteiger partial charge in [-0.15, -0.1) is 0 Å². The summed E-state index contributed by atoms with van der Waals surface area (Å²) < 4.78 is 10.9. The van der Waals surface area contributed by atoms with Gasteiger partial charge in [0.2, 0.25) is 0 Å². The summed E-state index contributed by atoms with van der Waals surface area (Å²) in [6.45, 7) is 16.3. The van der Waals surface area contributed by atoms with Gasteiger partial charge < -0.3 is 19.3 Å². The monoisotopic (exact) mass is 532 g/mol. The maximum Gasteiger partial charge on any atom is 0.338 e. The van der Waals surface area contributed by atoms with Crippen molar-refractivity contribution in [2.45, 2.75) is 105 Å². The van der Waals surface area contributed by atoms with Crippen LogP contribution >= 0.6 is 0 Å². The number of ether oxygens (including phenoxy) is 2. The highest BCUT2D eigenvalue weighted by atomic mass is 16.5. The summed E-state index contributed by atoms with van der Waals surface area (Å²) in [5, 5.41) is 0. The van der Waals surface area contributed by atoms with Crippen molar-refractivity contribution in [1.82, 2.24) is 9.80 Å². The van der Waals surface area contributed by atoms with Gasteiger partial charge in [-0.3, -0.25) is 0 Å². The first kappa shape index (κ1) is 34.1. The lowest BCUT2D eigenvalue weighted by Gasteiger charge is -2.20. The number of unbranched alkanes of at least 4 members (excludes halogenated alkanes) is 8. The Hall–Kier alpha value is -1.92. The first-order chi connectivity index (χ1) is 18.5. The van der Waals surface area contributed by atoms with Crippen molar-refractivity contribution >= 4 is 11.9 Å². The van der Waals surface area contributed by atoms with Crippen molar-refractivity contribution in [3.05, 3.63) is 35.4 Å². The molecular formula is C32H56N2O4. The minimum atomic E-state index is -0.341. The molecule has 1 aromatic rings. The number of hydrogen-bond donors (Lipinski definition) is 0. The Balaban J connectivity index is 2.21. The molecule has 0 spiro atoms. The average molecular weight is 533 g/mol. The van der Waals surface area contributed by atoms with E-state index in [-0.39, 0.29) is 11.9 Å². The third kappa shape index (κ3) is 16.1. The lowest BCUT2D eigenvalue weighted by atomic mass is 10.1. The van der Waals surface area contributed by atoms with Crippen molar-refractivity contribution in [2.75, 3.05) is 52.5 Å². The molecule has 1 aromatic carbocycles. The van der Waals surface area contributed by atoms with Gasteiger partial charge in [0.05, 0.1) is 24.3 Å². The second-order valence-electron chi connectivity index (χ2n) is 10.3. The van der Waals surface area contributed by atoms with E-state index in [4.69, 9.17) is 9.47 Å². The van der Waals surface area contributed by atoms with Crippen molar-refractivity contribution < 1.29 is 19.1 Å². The molecule has 0 aliphatic heterocycles. The van der Waals surface area contributed by atoms with Gasteiger partial charge >= 0.3 is 11.9 Å². The van der Waals surface area contributed by atoms with Crippen LogP contribution in [0.15, 0.2) is 24.3 Å². The first-order valence-electron chi connectivity index (χ1n) is 15.4. The molecule has 0 fully saturated rings. The fraction of sp³-hybridized carbons (Fsp3) is 0.750. The van der Waals surface area contributed by atoms with E-state index in [2.05, 4.69) is 37.5 Å². The van der Waals surface area contributed by atoms with Gasteiger partial charge in [-0.25, -0.2) is 9.59 Å². The van der Waals surface area contributed by atoms with E-state index >= 15 is 0 Å². The zero-order chi connectivity index (χ0) is 27.8. The first-order valence-corrected chi connectivity index (χ1v) is 15.4. The molecule has 0 heterocycles. The molecule has 1 rings (SSSR count). The summed E-state index contributed by atoms with van der Waals surface area (Å²) >= 11 is 0. The lowest BCUT2D eigenvalue weighted by Crippen LogP contribution is -2.26. The minimum absolute atomic E-state index is 0.341. The van der Waals surface area contributed by atoms with Crippen LogP contribution in [0.3, 0.4) is 0 Å². The molecule has 0 aromatic heterocycles. The number of carbonyl (C=O) groups is 2. The van der Waals surface area contributed by atoms with Crippen molar-refractivity contribution in [1.29, 1.82) is 0 Å². The molecule has 0 aliphatic rings. The molecule has 38 heavy (non-hydrogen) atoms. The molecule has 0 amide bonds. The Morgan fingerprint density at radius 3 is 1.18 bits per heavy atom.